The molecule has 3 nitrogen and oxygen atoms in total. The van der Waals surface area contributed by atoms with Gasteiger partial charge in [0, 0.05) is 23.7 Å². The molecular weight excluding hydrogens is 258 g/mol. The third-order valence-electron chi connectivity index (χ3n) is 3.24. The highest BCUT2D eigenvalue weighted by molar-refractivity contribution is 5.94. The number of hydrogen-bond donors (Lipinski definition) is 2. The van der Waals surface area contributed by atoms with Crippen molar-refractivity contribution in [1.82, 2.24) is 10.3 Å². The van der Waals surface area contributed by atoms with Gasteiger partial charge >= 0.3 is 0 Å². The SMILES string of the molecule is CC(C)CNCc1cnc(NC(C)(C)C)c2ccccc12. The minimum Gasteiger partial charge on any atom is -0.365 e. The predicted molar refractivity (Wildman–Crippen MR) is 91.7 cm³/mol. The highest BCUT2D eigenvalue weighted by Gasteiger charge is 2.13. The Hall–Kier alpha value is -1.61. The van der Waals surface area contributed by atoms with Crippen LogP contribution in [-0.2, 0) is 6.54 Å². The molecule has 1 aromatic carbocycles. The lowest BCUT2D eigenvalue weighted by Crippen LogP contribution is -2.27. The number of nitrogens with zero attached hydrogens (tertiary/aromatic N) is 1. The number of fused-ring (bicyclic) bond motifs is 1. The third-order valence-corrected chi connectivity index (χ3v) is 3.24. The highest BCUT2D eigenvalue weighted by atomic mass is 15.0. The van der Waals surface area contributed by atoms with Gasteiger partial charge < -0.3 is 10.6 Å². The molecule has 1 heterocycles. The average Bonchev–Trinajstić information content (AvgIpc) is 2.39. The van der Waals surface area contributed by atoms with Crippen molar-refractivity contribution in [1.29, 1.82) is 0 Å². The van der Waals surface area contributed by atoms with E-state index in [-0.39, 0.29) is 5.54 Å². The molecular formula is C18H27N3. The van der Waals surface area contributed by atoms with Crippen molar-refractivity contribution in [2.45, 2.75) is 46.7 Å². The number of nitrogens with one attached hydrogen (secondary N) is 2. The molecule has 2 rings (SSSR count). The Morgan fingerprint density at radius 2 is 1.76 bits per heavy atom. The summed E-state index contributed by atoms with van der Waals surface area (Å²) in [5.41, 5.74) is 1.26. The van der Waals surface area contributed by atoms with Gasteiger partial charge in [-0.3, -0.25) is 0 Å². The Morgan fingerprint density at radius 1 is 1.10 bits per heavy atom. The van der Waals surface area contributed by atoms with Gasteiger partial charge in [0.15, 0.2) is 0 Å². The quantitative estimate of drug-likeness (QED) is 0.865. The summed E-state index contributed by atoms with van der Waals surface area (Å²) >= 11 is 0. The monoisotopic (exact) mass is 285 g/mol. The number of rotatable bonds is 5. The van der Waals surface area contributed by atoms with Crippen molar-refractivity contribution in [2.75, 3.05) is 11.9 Å². The fourth-order valence-corrected chi connectivity index (χ4v) is 2.34. The van der Waals surface area contributed by atoms with Crippen LogP contribution < -0.4 is 10.6 Å². The molecule has 0 radical (unpaired) electrons. The Labute approximate surface area is 128 Å². The standard InChI is InChI=1S/C18H27N3/c1-13(2)10-19-11-14-12-20-17(21-18(3,4)5)16-9-7-6-8-15(14)16/h6-9,12-13,19H,10-11H2,1-5H3,(H,20,21). The molecule has 0 aliphatic carbocycles. The average molecular weight is 285 g/mol. The molecule has 0 saturated carbocycles. The molecule has 0 fully saturated rings. The summed E-state index contributed by atoms with van der Waals surface area (Å²) in [5.74, 6) is 1.62. The van der Waals surface area contributed by atoms with Gasteiger partial charge in [0.25, 0.3) is 0 Å². The summed E-state index contributed by atoms with van der Waals surface area (Å²) in [6.45, 7) is 12.8. The summed E-state index contributed by atoms with van der Waals surface area (Å²) in [5, 5.41) is 9.46. The second-order valence-corrected chi connectivity index (χ2v) is 7.08. The topological polar surface area (TPSA) is 37.0 Å². The molecule has 0 unspecified atom stereocenters. The molecule has 0 atom stereocenters. The maximum Gasteiger partial charge on any atom is 0.134 e. The van der Waals surface area contributed by atoms with Gasteiger partial charge in [-0.2, -0.15) is 0 Å². The number of anilines is 1. The first-order valence-corrected chi connectivity index (χ1v) is 7.72. The van der Waals surface area contributed by atoms with E-state index in [1.807, 2.05) is 6.20 Å². The van der Waals surface area contributed by atoms with Crippen LogP contribution in [0, 0.1) is 5.92 Å². The number of benzene rings is 1. The summed E-state index contributed by atoms with van der Waals surface area (Å²) in [4.78, 5) is 4.64. The van der Waals surface area contributed by atoms with E-state index in [9.17, 15) is 0 Å². The molecule has 0 spiro atoms. The lowest BCUT2D eigenvalue weighted by atomic mass is 10.0. The van der Waals surface area contributed by atoms with Crippen molar-refractivity contribution in [3.05, 3.63) is 36.0 Å². The van der Waals surface area contributed by atoms with Crippen LogP contribution in [0.2, 0.25) is 0 Å². The van der Waals surface area contributed by atoms with Crippen LogP contribution in [0.15, 0.2) is 30.5 Å². The normalized spacial score (nSPS) is 12.1. The van der Waals surface area contributed by atoms with E-state index in [2.05, 4.69) is 74.5 Å². The van der Waals surface area contributed by atoms with Gasteiger partial charge in [0.1, 0.15) is 5.82 Å². The van der Waals surface area contributed by atoms with Crippen LogP contribution >= 0.6 is 0 Å². The maximum atomic E-state index is 4.64. The van der Waals surface area contributed by atoms with Crippen molar-refractivity contribution in [3.63, 3.8) is 0 Å². The zero-order chi connectivity index (χ0) is 15.5. The van der Waals surface area contributed by atoms with Crippen LogP contribution in [0.25, 0.3) is 10.8 Å². The smallest absolute Gasteiger partial charge is 0.134 e. The first kappa shape index (κ1) is 15.8. The van der Waals surface area contributed by atoms with E-state index in [0.29, 0.717) is 5.92 Å². The van der Waals surface area contributed by atoms with E-state index >= 15 is 0 Å². The number of pyridine rings is 1. The molecule has 1 aromatic heterocycles. The van der Waals surface area contributed by atoms with Gasteiger partial charge in [-0.1, -0.05) is 38.1 Å². The Bertz CT molecular complexity index is 597. The molecule has 0 aliphatic rings. The fraction of sp³-hybridized carbons (Fsp3) is 0.500. The van der Waals surface area contributed by atoms with Gasteiger partial charge in [0.05, 0.1) is 0 Å². The molecule has 0 saturated heterocycles. The Morgan fingerprint density at radius 3 is 2.38 bits per heavy atom. The lowest BCUT2D eigenvalue weighted by molar-refractivity contribution is 0.553. The van der Waals surface area contributed by atoms with Crippen molar-refractivity contribution >= 4 is 16.6 Å². The van der Waals surface area contributed by atoms with Crippen LogP contribution in [0.3, 0.4) is 0 Å². The summed E-state index contributed by atoms with van der Waals surface area (Å²) in [7, 11) is 0. The van der Waals surface area contributed by atoms with Crippen LogP contribution in [0.4, 0.5) is 5.82 Å². The zero-order valence-electron chi connectivity index (χ0n) is 13.8. The Kier molecular flexibility index (Phi) is 4.84. The maximum absolute atomic E-state index is 4.64. The van der Waals surface area contributed by atoms with Gasteiger partial charge in [-0.15, -0.1) is 0 Å². The molecule has 2 aromatic rings. The first-order valence-electron chi connectivity index (χ1n) is 7.72. The molecule has 21 heavy (non-hydrogen) atoms. The van der Waals surface area contributed by atoms with E-state index in [0.717, 1.165) is 18.9 Å². The lowest BCUT2D eigenvalue weighted by Gasteiger charge is -2.23. The molecule has 2 N–H and O–H groups in total. The van der Waals surface area contributed by atoms with Crippen molar-refractivity contribution in [2.24, 2.45) is 5.92 Å². The number of hydrogen-bond acceptors (Lipinski definition) is 3. The summed E-state index contributed by atoms with van der Waals surface area (Å²) < 4.78 is 0. The second kappa shape index (κ2) is 6.44. The van der Waals surface area contributed by atoms with Crippen LogP contribution in [0.1, 0.15) is 40.2 Å². The molecule has 114 valence electrons. The van der Waals surface area contributed by atoms with E-state index < -0.39 is 0 Å². The largest absolute Gasteiger partial charge is 0.365 e. The summed E-state index contributed by atoms with van der Waals surface area (Å²) in [6, 6.07) is 8.48. The Balaban J connectivity index is 2.31. The summed E-state index contributed by atoms with van der Waals surface area (Å²) in [6.07, 6.45) is 1.99. The van der Waals surface area contributed by atoms with E-state index in [4.69, 9.17) is 0 Å². The first-order chi connectivity index (χ1) is 9.87. The fourth-order valence-electron chi connectivity index (χ4n) is 2.34. The second-order valence-electron chi connectivity index (χ2n) is 7.08. The highest BCUT2D eigenvalue weighted by Crippen LogP contribution is 2.26. The van der Waals surface area contributed by atoms with Crippen LogP contribution in [-0.4, -0.2) is 17.1 Å². The third kappa shape index (κ3) is 4.43. The predicted octanol–water partition coefficient (Wildman–Crippen LogP) is 4.19. The molecule has 0 bridgehead atoms. The van der Waals surface area contributed by atoms with Crippen molar-refractivity contribution < 1.29 is 0 Å². The van der Waals surface area contributed by atoms with Gasteiger partial charge in [-0.25, -0.2) is 4.98 Å². The van der Waals surface area contributed by atoms with Gasteiger partial charge in [0.2, 0.25) is 0 Å². The van der Waals surface area contributed by atoms with Crippen molar-refractivity contribution in [3.8, 4) is 0 Å². The number of aromatic nitrogens is 1. The van der Waals surface area contributed by atoms with E-state index in [1.165, 1.54) is 16.3 Å². The van der Waals surface area contributed by atoms with E-state index in [1.54, 1.807) is 0 Å². The zero-order valence-corrected chi connectivity index (χ0v) is 13.8. The minimum atomic E-state index is 0.00712. The van der Waals surface area contributed by atoms with Gasteiger partial charge in [-0.05, 0) is 44.2 Å². The molecule has 0 amide bonds. The van der Waals surface area contributed by atoms with Crippen LogP contribution in [0.5, 0.6) is 0 Å². The molecule has 0 aliphatic heterocycles. The molecule has 3 heteroatoms. The minimum absolute atomic E-state index is 0.00712.